The third-order valence-corrected chi connectivity index (χ3v) is 4.25. The Morgan fingerprint density at radius 3 is 2.63 bits per heavy atom. The summed E-state index contributed by atoms with van der Waals surface area (Å²) in [4.78, 5) is 16.9. The first-order chi connectivity index (χ1) is 8.13. The van der Waals surface area contributed by atoms with Crippen LogP contribution in [0.1, 0.15) is 33.1 Å². The lowest BCUT2D eigenvalue weighted by molar-refractivity contribution is -0.141. The van der Waals surface area contributed by atoms with Gasteiger partial charge in [-0.1, -0.05) is 13.3 Å². The highest BCUT2D eigenvalue weighted by Gasteiger charge is 2.36. The topological polar surface area (TPSA) is 49.6 Å². The average Bonchev–Trinajstić information content (AvgIpc) is 2.36. The number of piperidine rings is 1. The Bertz CT molecular complexity index is 291. The zero-order chi connectivity index (χ0) is 12.4. The third kappa shape index (κ3) is 4.22. The molecule has 0 aliphatic carbocycles. The Balaban J connectivity index is 0.00000162. The second-order valence-corrected chi connectivity index (χ2v) is 5.62. The molecule has 6 heteroatoms. The van der Waals surface area contributed by atoms with Crippen LogP contribution >= 0.6 is 24.8 Å². The summed E-state index contributed by atoms with van der Waals surface area (Å²) >= 11 is 0. The Morgan fingerprint density at radius 2 is 2.00 bits per heavy atom. The zero-order valence-electron chi connectivity index (χ0n) is 11.9. The number of nitrogens with two attached hydrogens (primary N) is 1. The zero-order valence-corrected chi connectivity index (χ0v) is 13.5. The fourth-order valence-corrected chi connectivity index (χ4v) is 3.04. The lowest BCUT2D eigenvalue weighted by atomic mass is 9.96. The number of piperazine rings is 1. The van der Waals surface area contributed by atoms with Crippen LogP contribution in [0.2, 0.25) is 0 Å². The van der Waals surface area contributed by atoms with Gasteiger partial charge in [-0.05, 0) is 26.3 Å². The van der Waals surface area contributed by atoms with E-state index in [9.17, 15) is 4.79 Å². The minimum Gasteiger partial charge on any atom is -0.337 e. The van der Waals surface area contributed by atoms with Gasteiger partial charge in [0.2, 0.25) is 5.91 Å². The third-order valence-electron chi connectivity index (χ3n) is 4.25. The van der Waals surface area contributed by atoms with Crippen molar-refractivity contribution >= 4 is 30.7 Å². The molecule has 0 saturated carbocycles. The minimum absolute atomic E-state index is 0. The molecule has 0 aromatic rings. The minimum atomic E-state index is -0.0346. The highest BCUT2D eigenvalue weighted by Crippen LogP contribution is 2.24. The number of amides is 1. The van der Waals surface area contributed by atoms with E-state index in [1.54, 1.807) is 0 Å². The van der Waals surface area contributed by atoms with E-state index < -0.39 is 0 Å². The number of nitrogens with zero attached hydrogens (tertiary/aromatic N) is 2. The largest absolute Gasteiger partial charge is 0.337 e. The molecule has 1 amide bonds. The Hall–Kier alpha value is -0.0300. The summed E-state index contributed by atoms with van der Waals surface area (Å²) in [5, 5.41) is 0. The molecule has 0 spiro atoms. The van der Waals surface area contributed by atoms with E-state index in [2.05, 4.69) is 16.7 Å². The maximum absolute atomic E-state index is 12.2. The number of rotatable bonds is 2. The van der Waals surface area contributed by atoms with Gasteiger partial charge < -0.3 is 10.6 Å². The van der Waals surface area contributed by atoms with Gasteiger partial charge in [-0.15, -0.1) is 24.8 Å². The predicted molar refractivity (Wildman–Crippen MR) is 83.1 cm³/mol. The number of carbonyl (C=O) groups is 1. The summed E-state index contributed by atoms with van der Waals surface area (Å²) in [6.07, 6.45) is 3.87. The van der Waals surface area contributed by atoms with Crippen molar-refractivity contribution in [3.05, 3.63) is 0 Å². The van der Waals surface area contributed by atoms with Crippen molar-refractivity contribution in [2.45, 2.75) is 45.2 Å². The van der Waals surface area contributed by atoms with Crippen LogP contribution in [-0.4, -0.2) is 54.0 Å². The van der Waals surface area contributed by atoms with Crippen LogP contribution in [0.25, 0.3) is 0 Å². The molecule has 3 unspecified atom stereocenters. The summed E-state index contributed by atoms with van der Waals surface area (Å²) in [5.41, 5.74) is 5.60. The molecule has 3 atom stereocenters. The maximum atomic E-state index is 12.2. The van der Waals surface area contributed by atoms with E-state index in [1.807, 2.05) is 6.92 Å². The van der Waals surface area contributed by atoms with Gasteiger partial charge in [0.05, 0.1) is 0 Å². The smallest absolute Gasteiger partial charge is 0.227 e. The van der Waals surface area contributed by atoms with Gasteiger partial charge in [0.15, 0.2) is 0 Å². The van der Waals surface area contributed by atoms with Gasteiger partial charge in [-0.2, -0.15) is 0 Å². The van der Waals surface area contributed by atoms with Gasteiger partial charge in [0.25, 0.3) is 0 Å². The van der Waals surface area contributed by atoms with Gasteiger partial charge >= 0.3 is 0 Å². The van der Waals surface area contributed by atoms with Gasteiger partial charge in [0, 0.05) is 37.6 Å². The highest BCUT2D eigenvalue weighted by atomic mass is 35.5. The van der Waals surface area contributed by atoms with Crippen molar-refractivity contribution in [2.24, 2.45) is 11.7 Å². The molecule has 2 saturated heterocycles. The molecule has 2 aliphatic heterocycles. The van der Waals surface area contributed by atoms with E-state index >= 15 is 0 Å². The molecule has 0 aromatic heterocycles. The molecular weight excluding hydrogens is 285 g/mol. The Morgan fingerprint density at radius 1 is 1.32 bits per heavy atom. The summed E-state index contributed by atoms with van der Waals surface area (Å²) in [6.45, 7) is 7.70. The Kier molecular flexibility index (Phi) is 8.29. The maximum Gasteiger partial charge on any atom is 0.227 e. The van der Waals surface area contributed by atoms with Crippen molar-refractivity contribution in [1.82, 2.24) is 9.80 Å². The number of halogens is 2. The molecule has 0 radical (unpaired) electrons. The molecule has 2 fully saturated rings. The summed E-state index contributed by atoms with van der Waals surface area (Å²) in [7, 11) is 0. The van der Waals surface area contributed by atoms with Crippen molar-refractivity contribution in [3.63, 3.8) is 0 Å². The Labute approximate surface area is 128 Å². The first-order valence-corrected chi connectivity index (χ1v) is 6.88. The van der Waals surface area contributed by atoms with Crippen molar-refractivity contribution in [1.29, 1.82) is 0 Å². The van der Waals surface area contributed by atoms with E-state index in [4.69, 9.17) is 5.73 Å². The molecule has 2 aliphatic rings. The number of hydrogen-bond donors (Lipinski definition) is 1. The van der Waals surface area contributed by atoms with E-state index in [0.717, 1.165) is 13.1 Å². The molecule has 4 nitrogen and oxygen atoms in total. The number of carbonyl (C=O) groups excluding carboxylic acids is 1. The van der Waals surface area contributed by atoms with Crippen molar-refractivity contribution in [2.75, 3.05) is 26.2 Å². The van der Waals surface area contributed by atoms with Crippen LogP contribution < -0.4 is 5.73 Å². The monoisotopic (exact) mass is 311 g/mol. The van der Waals surface area contributed by atoms with Crippen LogP contribution in [0.3, 0.4) is 0 Å². The molecule has 114 valence electrons. The van der Waals surface area contributed by atoms with Gasteiger partial charge in [-0.3, -0.25) is 9.69 Å². The van der Waals surface area contributed by atoms with Gasteiger partial charge in [0.1, 0.15) is 0 Å². The average molecular weight is 312 g/mol. The van der Waals surface area contributed by atoms with Gasteiger partial charge in [-0.25, -0.2) is 0 Å². The molecule has 2 N–H and O–H groups in total. The SMILES string of the molecule is CC(CN)C(=O)N1CC2CCCCN2CC1C.Cl.Cl. The molecule has 2 heterocycles. The lowest BCUT2D eigenvalue weighted by Crippen LogP contribution is -2.61. The van der Waals surface area contributed by atoms with E-state index in [-0.39, 0.29) is 36.6 Å². The van der Waals surface area contributed by atoms with Crippen LogP contribution in [0.5, 0.6) is 0 Å². The fraction of sp³-hybridized carbons (Fsp3) is 0.923. The van der Waals surface area contributed by atoms with Crippen molar-refractivity contribution < 1.29 is 4.79 Å². The van der Waals surface area contributed by atoms with E-state index in [1.165, 1.54) is 25.8 Å². The summed E-state index contributed by atoms with van der Waals surface area (Å²) < 4.78 is 0. The highest BCUT2D eigenvalue weighted by molar-refractivity contribution is 5.85. The number of hydrogen-bond acceptors (Lipinski definition) is 3. The predicted octanol–water partition coefficient (Wildman–Crippen LogP) is 1.51. The molecule has 0 aromatic carbocycles. The van der Waals surface area contributed by atoms with Crippen LogP contribution in [0.4, 0.5) is 0 Å². The molecule has 0 bridgehead atoms. The second-order valence-electron chi connectivity index (χ2n) is 5.62. The van der Waals surface area contributed by atoms with E-state index in [0.29, 0.717) is 18.6 Å². The number of fused-ring (bicyclic) bond motifs is 1. The van der Waals surface area contributed by atoms with Crippen LogP contribution in [0.15, 0.2) is 0 Å². The molecular formula is C13H27Cl2N3O. The van der Waals surface area contributed by atoms with Crippen molar-refractivity contribution in [3.8, 4) is 0 Å². The molecule has 19 heavy (non-hydrogen) atoms. The first kappa shape index (κ1) is 19.0. The summed E-state index contributed by atoms with van der Waals surface area (Å²) in [6, 6.07) is 0.930. The quantitative estimate of drug-likeness (QED) is 0.841. The normalized spacial score (nSPS) is 28.7. The fourth-order valence-electron chi connectivity index (χ4n) is 3.04. The summed E-state index contributed by atoms with van der Waals surface area (Å²) in [5.74, 6) is 0.206. The molecule has 2 rings (SSSR count). The standard InChI is InChI=1S/C13H25N3O.2ClH/c1-10(7-14)13(17)16-9-12-5-3-4-6-15(12)8-11(16)2;;/h10-12H,3-9,14H2,1-2H3;2*1H. The lowest BCUT2D eigenvalue weighted by Gasteiger charge is -2.48. The second kappa shape index (κ2) is 8.30. The van der Waals surface area contributed by atoms with Crippen LogP contribution in [0, 0.1) is 5.92 Å². The first-order valence-electron chi connectivity index (χ1n) is 6.88. The van der Waals surface area contributed by atoms with Crippen LogP contribution in [-0.2, 0) is 4.79 Å².